The minimum Gasteiger partial charge on any atom is -0.294 e. The Hall–Kier alpha value is -1.74. The third-order valence-electron chi connectivity index (χ3n) is 2.41. The van der Waals surface area contributed by atoms with Crippen molar-refractivity contribution in [3.63, 3.8) is 0 Å². The number of carbonyl (C=O) groups is 1. The SMILES string of the molecule is O=C(C=Cc1cccc(Br)c1)Cc1cccnc1. The molecule has 0 unspecified atom stereocenters. The Bertz CT molecular complexity index is 564. The number of pyridine rings is 1. The van der Waals surface area contributed by atoms with Gasteiger partial charge >= 0.3 is 0 Å². The number of benzene rings is 1. The molecule has 90 valence electrons. The van der Waals surface area contributed by atoms with Crippen LogP contribution in [0.3, 0.4) is 0 Å². The monoisotopic (exact) mass is 301 g/mol. The second-order valence-corrected chi connectivity index (χ2v) is 4.81. The van der Waals surface area contributed by atoms with Gasteiger partial charge in [0.25, 0.3) is 0 Å². The normalized spacial score (nSPS) is 10.7. The zero-order chi connectivity index (χ0) is 12.8. The molecule has 1 aromatic carbocycles. The number of nitrogens with zero attached hydrogens (tertiary/aromatic N) is 1. The largest absolute Gasteiger partial charge is 0.294 e. The first kappa shape index (κ1) is 12.7. The Morgan fingerprint density at radius 1 is 1.28 bits per heavy atom. The van der Waals surface area contributed by atoms with E-state index in [2.05, 4.69) is 20.9 Å². The van der Waals surface area contributed by atoms with Crippen molar-refractivity contribution >= 4 is 27.8 Å². The molecule has 0 N–H and O–H groups in total. The number of carbonyl (C=O) groups excluding carboxylic acids is 1. The van der Waals surface area contributed by atoms with E-state index in [4.69, 9.17) is 0 Å². The number of halogens is 1. The second-order valence-electron chi connectivity index (χ2n) is 3.89. The molecule has 0 bridgehead atoms. The van der Waals surface area contributed by atoms with E-state index in [9.17, 15) is 4.79 Å². The minimum absolute atomic E-state index is 0.0722. The molecule has 2 aromatic rings. The molecule has 0 aliphatic rings. The molecule has 2 rings (SSSR count). The van der Waals surface area contributed by atoms with Crippen LogP contribution < -0.4 is 0 Å². The Morgan fingerprint density at radius 3 is 2.89 bits per heavy atom. The van der Waals surface area contributed by atoms with Crippen molar-refractivity contribution in [2.75, 3.05) is 0 Å². The minimum atomic E-state index is 0.0722. The summed E-state index contributed by atoms with van der Waals surface area (Å²) in [5.74, 6) is 0.0722. The lowest BCUT2D eigenvalue weighted by Gasteiger charge is -1.96. The fraction of sp³-hybridized carbons (Fsp3) is 0.0667. The third-order valence-corrected chi connectivity index (χ3v) is 2.90. The Balaban J connectivity index is 1.99. The second kappa shape index (κ2) is 6.26. The first-order chi connectivity index (χ1) is 8.74. The first-order valence-electron chi connectivity index (χ1n) is 5.59. The predicted molar refractivity (Wildman–Crippen MR) is 76.1 cm³/mol. The van der Waals surface area contributed by atoms with Gasteiger partial charge in [0.15, 0.2) is 5.78 Å². The topological polar surface area (TPSA) is 30.0 Å². The van der Waals surface area contributed by atoms with Gasteiger partial charge in [-0.15, -0.1) is 0 Å². The van der Waals surface area contributed by atoms with Gasteiger partial charge in [0.05, 0.1) is 0 Å². The van der Waals surface area contributed by atoms with Gasteiger partial charge in [0.2, 0.25) is 0 Å². The Kier molecular flexibility index (Phi) is 4.42. The van der Waals surface area contributed by atoms with Crippen molar-refractivity contribution in [2.24, 2.45) is 0 Å². The van der Waals surface area contributed by atoms with E-state index in [1.54, 1.807) is 18.5 Å². The van der Waals surface area contributed by atoms with Gasteiger partial charge in [-0.25, -0.2) is 0 Å². The molecule has 0 atom stereocenters. The quantitative estimate of drug-likeness (QED) is 0.807. The third kappa shape index (κ3) is 3.93. The molecule has 0 fully saturated rings. The van der Waals surface area contributed by atoms with E-state index in [0.717, 1.165) is 15.6 Å². The highest BCUT2D eigenvalue weighted by Gasteiger charge is 1.99. The van der Waals surface area contributed by atoms with Gasteiger partial charge in [-0.3, -0.25) is 9.78 Å². The average molecular weight is 302 g/mol. The van der Waals surface area contributed by atoms with Crippen molar-refractivity contribution in [1.29, 1.82) is 0 Å². The molecule has 1 aromatic heterocycles. The van der Waals surface area contributed by atoms with E-state index in [-0.39, 0.29) is 5.78 Å². The lowest BCUT2D eigenvalue weighted by Crippen LogP contribution is -1.98. The van der Waals surface area contributed by atoms with Crippen LogP contribution in [-0.4, -0.2) is 10.8 Å². The molecule has 0 radical (unpaired) electrons. The van der Waals surface area contributed by atoms with Crippen LogP contribution in [-0.2, 0) is 11.2 Å². The summed E-state index contributed by atoms with van der Waals surface area (Å²) in [5, 5.41) is 0. The van der Waals surface area contributed by atoms with Crippen LogP contribution in [0.2, 0.25) is 0 Å². The van der Waals surface area contributed by atoms with Gasteiger partial charge in [-0.2, -0.15) is 0 Å². The summed E-state index contributed by atoms with van der Waals surface area (Å²) >= 11 is 3.40. The molecule has 0 aliphatic heterocycles. The van der Waals surface area contributed by atoms with Crippen LogP contribution in [0.15, 0.2) is 59.3 Å². The zero-order valence-corrected chi connectivity index (χ0v) is 11.3. The molecule has 0 saturated carbocycles. The van der Waals surface area contributed by atoms with E-state index in [1.165, 1.54) is 0 Å². The van der Waals surface area contributed by atoms with Crippen molar-refractivity contribution < 1.29 is 4.79 Å². The molecular formula is C15H12BrNO. The van der Waals surface area contributed by atoms with Crippen LogP contribution >= 0.6 is 15.9 Å². The van der Waals surface area contributed by atoms with Gasteiger partial charge in [0.1, 0.15) is 0 Å². The summed E-state index contributed by atoms with van der Waals surface area (Å²) < 4.78 is 1.00. The van der Waals surface area contributed by atoms with Crippen LogP contribution in [0, 0.1) is 0 Å². The van der Waals surface area contributed by atoms with Crippen LogP contribution in [0.1, 0.15) is 11.1 Å². The average Bonchev–Trinajstić information content (AvgIpc) is 2.38. The molecule has 1 heterocycles. The maximum atomic E-state index is 11.7. The summed E-state index contributed by atoms with van der Waals surface area (Å²) in [6, 6.07) is 11.6. The molecule has 0 amide bonds. The fourth-order valence-electron chi connectivity index (χ4n) is 1.56. The zero-order valence-electron chi connectivity index (χ0n) is 9.71. The highest BCUT2D eigenvalue weighted by Crippen LogP contribution is 2.12. The number of rotatable bonds is 4. The number of ketones is 1. The smallest absolute Gasteiger partial charge is 0.160 e. The number of allylic oxidation sites excluding steroid dienone is 1. The van der Waals surface area contributed by atoms with E-state index in [1.807, 2.05) is 42.5 Å². The van der Waals surface area contributed by atoms with Gasteiger partial charge in [-0.05, 0) is 35.4 Å². The lowest BCUT2D eigenvalue weighted by atomic mass is 10.1. The summed E-state index contributed by atoms with van der Waals surface area (Å²) in [4.78, 5) is 15.7. The first-order valence-corrected chi connectivity index (χ1v) is 6.39. The maximum absolute atomic E-state index is 11.7. The molecule has 0 aliphatic carbocycles. The molecule has 18 heavy (non-hydrogen) atoms. The highest BCUT2D eigenvalue weighted by molar-refractivity contribution is 9.10. The van der Waals surface area contributed by atoms with Crippen LogP contribution in [0.5, 0.6) is 0 Å². The van der Waals surface area contributed by atoms with E-state index >= 15 is 0 Å². The van der Waals surface area contributed by atoms with Crippen molar-refractivity contribution in [3.05, 3.63) is 70.5 Å². The van der Waals surface area contributed by atoms with Gasteiger partial charge in [-0.1, -0.05) is 40.2 Å². The van der Waals surface area contributed by atoms with Crippen molar-refractivity contribution in [3.8, 4) is 0 Å². The molecule has 0 saturated heterocycles. The predicted octanol–water partition coefficient (Wildman–Crippen LogP) is 3.67. The summed E-state index contributed by atoms with van der Waals surface area (Å²) in [6.07, 6.45) is 7.23. The van der Waals surface area contributed by atoms with Crippen molar-refractivity contribution in [1.82, 2.24) is 4.98 Å². The number of aromatic nitrogens is 1. The van der Waals surface area contributed by atoms with Gasteiger partial charge in [0, 0.05) is 23.3 Å². The standard InChI is InChI=1S/C15H12BrNO/c16-14-5-1-3-12(9-14)6-7-15(18)10-13-4-2-8-17-11-13/h1-9,11H,10H2. The maximum Gasteiger partial charge on any atom is 0.160 e. The van der Waals surface area contributed by atoms with E-state index < -0.39 is 0 Å². The summed E-state index contributed by atoms with van der Waals surface area (Å²) in [5.41, 5.74) is 1.94. The Morgan fingerprint density at radius 2 is 2.17 bits per heavy atom. The number of hydrogen-bond donors (Lipinski definition) is 0. The fourth-order valence-corrected chi connectivity index (χ4v) is 1.98. The Labute approximate surface area is 115 Å². The van der Waals surface area contributed by atoms with E-state index in [0.29, 0.717) is 6.42 Å². The molecule has 0 spiro atoms. The molecular weight excluding hydrogens is 290 g/mol. The highest BCUT2D eigenvalue weighted by atomic mass is 79.9. The van der Waals surface area contributed by atoms with Gasteiger partial charge < -0.3 is 0 Å². The van der Waals surface area contributed by atoms with Crippen LogP contribution in [0.25, 0.3) is 6.08 Å². The molecule has 3 heteroatoms. The summed E-state index contributed by atoms with van der Waals surface area (Å²) in [6.45, 7) is 0. The lowest BCUT2D eigenvalue weighted by molar-refractivity contribution is -0.113. The van der Waals surface area contributed by atoms with Crippen LogP contribution in [0.4, 0.5) is 0 Å². The van der Waals surface area contributed by atoms with Crippen molar-refractivity contribution in [2.45, 2.75) is 6.42 Å². The number of hydrogen-bond acceptors (Lipinski definition) is 2. The summed E-state index contributed by atoms with van der Waals surface area (Å²) in [7, 11) is 0. The molecule has 2 nitrogen and oxygen atoms in total.